The fourth-order valence-corrected chi connectivity index (χ4v) is 2.50. The highest BCUT2D eigenvalue weighted by atomic mass is 16.5. The van der Waals surface area contributed by atoms with Gasteiger partial charge in [-0.1, -0.05) is 18.2 Å². The Morgan fingerprint density at radius 1 is 1.20 bits per heavy atom. The molecule has 2 rings (SSSR count). The lowest BCUT2D eigenvalue weighted by molar-refractivity contribution is 0.226. The zero-order valence-electron chi connectivity index (χ0n) is 11.6. The number of ether oxygens (including phenoxy) is 2. The van der Waals surface area contributed by atoms with Crippen molar-refractivity contribution in [2.45, 2.75) is 18.3 Å². The summed E-state index contributed by atoms with van der Waals surface area (Å²) >= 11 is 0. The van der Waals surface area contributed by atoms with E-state index in [9.17, 15) is 10.4 Å². The molecule has 0 saturated carbocycles. The number of nitriles is 1. The van der Waals surface area contributed by atoms with Gasteiger partial charge in [0, 0.05) is 5.56 Å². The lowest BCUT2D eigenvalue weighted by atomic mass is 9.74. The van der Waals surface area contributed by atoms with Gasteiger partial charge in [-0.15, -0.1) is 0 Å². The number of nitrogens with zero attached hydrogens (tertiary/aromatic N) is 1. The van der Waals surface area contributed by atoms with Crippen molar-refractivity contribution in [2.24, 2.45) is 0 Å². The molecule has 0 atom stereocenters. The first-order chi connectivity index (χ1) is 9.65. The number of allylic oxidation sites excluding steroid dienone is 2. The van der Waals surface area contributed by atoms with Gasteiger partial charge in [0.15, 0.2) is 0 Å². The molecule has 0 amide bonds. The number of hydrogen-bond donors (Lipinski definition) is 1. The summed E-state index contributed by atoms with van der Waals surface area (Å²) in [5.41, 5.74) is -0.0555. The molecule has 0 fully saturated rings. The summed E-state index contributed by atoms with van der Waals surface area (Å²) in [5.74, 6) is 1.61. The minimum absolute atomic E-state index is 0.156. The summed E-state index contributed by atoms with van der Waals surface area (Å²) < 4.78 is 10.7. The van der Waals surface area contributed by atoms with Gasteiger partial charge >= 0.3 is 0 Å². The van der Waals surface area contributed by atoms with Gasteiger partial charge in [0.2, 0.25) is 0 Å². The molecule has 104 valence electrons. The van der Waals surface area contributed by atoms with Crippen LogP contribution in [0.15, 0.2) is 47.9 Å². The van der Waals surface area contributed by atoms with Gasteiger partial charge in [-0.05, 0) is 18.2 Å². The molecule has 1 aliphatic rings. The number of hydrogen-bond acceptors (Lipinski definition) is 4. The highest BCUT2D eigenvalue weighted by Gasteiger charge is 2.35. The Morgan fingerprint density at radius 3 is 2.30 bits per heavy atom. The van der Waals surface area contributed by atoms with Crippen molar-refractivity contribution in [2.75, 3.05) is 14.2 Å². The Morgan fingerprint density at radius 2 is 1.80 bits per heavy atom. The molecule has 0 unspecified atom stereocenters. The van der Waals surface area contributed by atoms with Gasteiger partial charge in [-0.2, -0.15) is 5.26 Å². The van der Waals surface area contributed by atoms with Crippen LogP contribution in [0.4, 0.5) is 0 Å². The van der Waals surface area contributed by atoms with Gasteiger partial charge in [0.25, 0.3) is 0 Å². The van der Waals surface area contributed by atoms with Crippen molar-refractivity contribution >= 4 is 0 Å². The summed E-state index contributed by atoms with van der Waals surface area (Å²) in [7, 11) is 3.18. The monoisotopic (exact) mass is 271 g/mol. The standard InChI is InChI=1S/C16H17NO3/c1-19-12-9-13(20-2)11-16(10-12,7-8-17)14-5-3-4-6-15(14)18/h3-6,10-11,18H,7,9H2,1-2H3. The fraction of sp³-hybridized carbons (Fsp3) is 0.312. The van der Waals surface area contributed by atoms with Crippen LogP contribution in [-0.2, 0) is 14.9 Å². The summed E-state index contributed by atoms with van der Waals surface area (Å²) in [4.78, 5) is 0. The number of benzene rings is 1. The molecule has 1 aliphatic carbocycles. The first kappa shape index (κ1) is 14.0. The maximum atomic E-state index is 10.1. The summed E-state index contributed by atoms with van der Waals surface area (Å²) in [6.45, 7) is 0. The second-order valence-corrected chi connectivity index (χ2v) is 4.70. The Labute approximate surface area is 118 Å². The van der Waals surface area contributed by atoms with Crippen LogP contribution in [0.3, 0.4) is 0 Å². The highest BCUT2D eigenvalue weighted by Crippen LogP contribution is 2.42. The molecule has 0 bridgehead atoms. The molecule has 0 aliphatic heterocycles. The SMILES string of the molecule is COC1=CC(CC#N)(c2ccccc2O)C=C(OC)C1. The van der Waals surface area contributed by atoms with E-state index in [1.54, 1.807) is 26.4 Å². The maximum Gasteiger partial charge on any atom is 0.120 e. The van der Waals surface area contributed by atoms with Gasteiger partial charge in [0.05, 0.1) is 38.5 Å². The van der Waals surface area contributed by atoms with E-state index in [-0.39, 0.29) is 12.2 Å². The van der Waals surface area contributed by atoms with Crippen LogP contribution >= 0.6 is 0 Å². The lowest BCUT2D eigenvalue weighted by Gasteiger charge is -2.31. The third kappa shape index (κ3) is 2.48. The Kier molecular flexibility index (Phi) is 3.99. The van der Waals surface area contributed by atoms with Crippen molar-refractivity contribution < 1.29 is 14.6 Å². The number of para-hydroxylation sites is 1. The predicted octanol–water partition coefficient (Wildman–Crippen LogP) is 3.01. The molecule has 0 heterocycles. The number of methoxy groups -OCH3 is 2. The zero-order valence-corrected chi connectivity index (χ0v) is 11.6. The van der Waals surface area contributed by atoms with Crippen molar-refractivity contribution in [1.82, 2.24) is 0 Å². The summed E-state index contributed by atoms with van der Waals surface area (Å²) in [5, 5.41) is 19.3. The fourth-order valence-electron chi connectivity index (χ4n) is 2.50. The van der Waals surface area contributed by atoms with E-state index in [4.69, 9.17) is 9.47 Å². The number of rotatable bonds is 4. The minimum Gasteiger partial charge on any atom is -0.508 e. The van der Waals surface area contributed by atoms with E-state index in [0.717, 1.165) is 11.5 Å². The van der Waals surface area contributed by atoms with Crippen LogP contribution in [0.2, 0.25) is 0 Å². The third-order valence-electron chi connectivity index (χ3n) is 3.49. The summed E-state index contributed by atoms with van der Waals surface area (Å²) in [6, 6.07) is 9.20. The van der Waals surface area contributed by atoms with Gasteiger partial charge in [-0.3, -0.25) is 0 Å². The van der Waals surface area contributed by atoms with Crippen LogP contribution in [-0.4, -0.2) is 19.3 Å². The van der Waals surface area contributed by atoms with Gasteiger partial charge < -0.3 is 14.6 Å². The van der Waals surface area contributed by atoms with Crippen LogP contribution in [0.1, 0.15) is 18.4 Å². The van der Waals surface area contributed by atoms with Crippen LogP contribution < -0.4 is 0 Å². The lowest BCUT2D eigenvalue weighted by Crippen LogP contribution is -2.25. The molecule has 1 aromatic carbocycles. The molecule has 0 radical (unpaired) electrons. The number of phenols is 1. The van der Waals surface area contributed by atoms with E-state index < -0.39 is 5.41 Å². The topological polar surface area (TPSA) is 62.5 Å². The maximum absolute atomic E-state index is 10.1. The number of aromatic hydroxyl groups is 1. The molecule has 4 heteroatoms. The second-order valence-electron chi connectivity index (χ2n) is 4.70. The van der Waals surface area contributed by atoms with Gasteiger partial charge in [-0.25, -0.2) is 0 Å². The minimum atomic E-state index is -0.727. The molecular weight excluding hydrogens is 254 g/mol. The molecule has 0 saturated heterocycles. The van der Waals surface area contributed by atoms with Gasteiger partial charge in [0.1, 0.15) is 17.3 Å². The van der Waals surface area contributed by atoms with Crippen molar-refractivity contribution in [3.8, 4) is 11.8 Å². The Hall–Kier alpha value is -2.41. The van der Waals surface area contributed by atoms with Crippen LogP contribution in [0.5, 0.6) is 5.75 Å². The molecule has 1 N–H and O–H groups in total. The Bertz CT molecular complexity index is 576. The molecule has 20 heavy (non-hydrogen) atoms. The van der Waals surface area contributed by atoms with Crippen LogP contribution in [0, 0.1) is 11.3 Å². The molecule has 4 nitrogen and oxygen atoms in total. The third-order valence-corrected chi connectivity index (χ3v) is 3.49. The smallest absolute Gasteiger partial charge is 0.120 e. The average Bonchev–Trinajstić information content (AvgIpc) is 2.47. The predicted molar refractivity (Wildman–Crippen MR) is 74.8 cm³/mol. The van der Waals surface area contributed by atoms with Crippen molar-refractivity contribution in [3.05, 3.63) is 53.5 Å². The van der Waals surface area contributed by atoms with Crippen LogP contribution in [0.25, 0.3) is 0 Å². The van der Waals surface area contributed by atoms with E-state index in [1.807, 2.05) is 24.3 Å². The number of phenolic OH excluding ortho intramolecular Hbond substituents is 1. The first-order valence-corrected chi connectivity index (χ1v) is 6.32. The quantitative estimate of drug-likeness (QED) is 0.914. The molecule has 1 aromatic rings. The molecule has 0 aromatic heterocycles. The van der Waals surface area contributed by atoms with Crippen molar-refractivity contribution in [1.29, 1.82) is 5.26 Å². The Balaban J connectivity index is 2.62. The van der Waals surface area contributed by atoms with Crippen molar-refractivity contribution in [3.63, 3.8) is 0 Å². The van der Waals surface area contributed by atoms with E-state index in [0.29, 0.717) is 12.0 Å². The molecular formula is C16H17NO3. The summed E-state index contributed by atoms with van der Waals surface area (Å²) in [6.07, 6.45) is 4.51. The zero-order chi connectivity index (χ0) is 14.6. The van der Waals surface area contributed by atoms with E-state index in [2.05, 4.69) is 6.07 Å². The normalized spacial score (nSPS) is 16.6. The first-order valence-electron chi connectivity index (χ1n) is 6.32. The van der Waals surface area contributed by atoms with E-state index in [1.165, 1.54) is 0 Å². The average molecular weight is 271 g/mol. The second kappa shape index (κ2) is 5.70. The largest absolute Gasteiger partial charge is 0.508 e. The van der Waals surface area contributed by atoms with E-state index >= 15 is 0 Å². The molecule has 0 spiro atoms. The highest BCUT2D eigenvalue weighted by molar-refractivity contribution is 5.49.